The summed E-state index contributed by atoms with van der Waals surface area (Å²) in [7, 11) is 2.14. The number of benzene rings is 2. The summed E-state index contributed by atoms with van der Waals surface area (Å²) < 4.78 is 0. The quantitative estimate of drug-likeness (QED) is 0.481. The van der Waals surface area contributed by atoms with Crippen LogP contribution in [0.3, 0.4) is 0 Å². The van der Waals surface area contributed by atoms with Gasteiger partial charge in [0.05, 0.1) is 10.6 Å². The number of nitrogens with zero attached hydrogens (tertiary/aromatic N) is 4. The van der Waals surface area contributed by atoms with Crippen molar-refractivity contribution >= 4 is 17.0 Å². The predicted octanol–water partition coefficient (Wildman–Crippen LogP) is 4.13. The molecule has 6 nitrogen and oxygen atoms in total. The highest BCUT2D eigenvalue weighted by molar-refractivity contribution is 7.15. The SMILES string of the molecule is CN1CCN(Cc2sc(-c3ccccc3)nc2-c2cccc([N+](=O)[O-])c2)CC1. The van der Waals surface area contributed by atoms with Gasteiger partial charge in [0.25, 0.3) is 5.69 Å². The molecule has 144 valence electrons. The van der Waals surface area contributed by atoms with E-state index in [-0.39, 0.29) is 10.6 Å². The molecule has 0 aliphatic carbocycles. The third-order valence-corrected chi connectivity index (χ3v) is 6.10. The van der Waals surface area contributed by atoms with Crippen molar-refractivity contribution in [1.82, 2.24) is 14.8 Å². The van der Waals surface area contributed by atoms with E-state index in [0.717, 1.165) is 59.4 Å². The largest absolute Gasteiger partial charge is 0.304 e. The van der Waals surface area contributed by atoms with Gasteiger partial charge in [0.15, 0.2) is 0 Å². The lowest BCUT2D eigenvalue weighted by atomic mass is 10.1. The lowest BCUT2D eigenvalue weighted by molar-refractivity contribution is -0.384. The Morgan fingerprint density at radius 3 is 2.46 bits per heavy atom. The van der Waals surface area contributed by atoms with Crippen molar-refractivity contribution in [3.63, 3.8) is 0 Å². The first-order chi connectivity index (χ1) is 13.6. The second-order valence-electron chi connectivity index (χ2n) is 7.04. The fraction of sp³-hybridized carbons (Fsp3) is 0.286. The topological polar surface area (TPSA) is 62.5 Å². The summed E-state index contributed by atoms with van der Waals surface area (Å²) in [4.78, 5) is 21.7. The molecule has 7 heteroatoms. The van der Waals surface area contributed by atoms with Gasteiger partial charge < -0.3 is 4.90 Å². The zero-order valence-electron chi connectivity index (χ0n) is 15.7. The maximum Gasteiger partial charge on any atom is 0.270 e. The minimum atomic E-state index is -0.353. The van der Waals surface area contributed by atoms with Crippen molar-refractivity contribution in [2.45, 2.75) is 6.54 Å². The Hall–Kier alpha value is -2.61. The molecule has 0 amide bonds. The van der Waals surface area contributed by atoms with Gasteiger partial charge in [0.2, 0.25) is 0 Å². The summed E-state index contributed by atoms with van der Waals surface area (Å²) >= 11 is 1.68. The van der Waals surface area contributed by atoms with E-state index in [1.54, 1.807) is 23.5 Å². The molecular weight excluding hydrogens is 372 g/mol. The molecule has 0 spiro atoms. The molecule has 2 aromatic carbocycles. The minimum absolute atomic E-state index is 0.0947. The fourth-order valence-corrected chi connectivity index (χ4v) is 4.50. The number of rotatable bonds is 5. The number of nitro groups is 1. The van der Waals surface area contributed by atoms with Crippen LogP contribution in [0.25, 0.3) is 21.8 Å². The normalized spacial score (nSPS) is 15.6. The maximum absolute atomic E-state index is 11.2. The van der Waals surface area contributed by atoms with Crippen molar-refractivity contribution in [3.05, 3.63) is 69.6 Å². The second kappa shape index (κ2) is 8.18. The van der Waals surface area contributed by atoms with Crippen molar-refractivity contribution in [2.24, 2.45) is 0 Å². The average molecular weight is 395 g/mol. The third-order valence-electron chi connectivity index (χ3n) is 5.01. The molecule has 1 aromatic heterocycles. The van der Waals surface area contributed by atoms with Crippen LogP contribution in [0.15, 0.2) is 54.6 Å². The number of hydrogen-bond donors (Lipinski definition) is 0. The summed E-state index contributed by atoms with van der Waals surface area (Å²) in [5.74, 6) is 0. The molecule has 2 heterocycles. The van der Waals surface area contributed by atoms with Crippen LogP contribution in [0.2, 0.25) is 0 Å². The van der Waals surface area contributed by atoms with E-state index in [0.29, 0.717) is 0 Å². The fourth-order valence-electron chi connectivity index (χ4n) is 3.36. The molecule has 28 heavy (non-hydrogen) atoms. The number of thiazole rings is 1. The Labute approximate surface area is 168 Å². The predicted molar refractivity (Wildman–Crippen MR) is 112 cm³/mol. The Balaban J connectivity index is 1.72. The molecule has 4 rings (SSSR count). The van der Waals surface area contributed by atoms with E-state index in [1.165, 1.54) is 6.07 Å². The van der Waals surface area contributed by atoms with Crippen molar-refractivity contribution in [2.75, 3.05) is 33.2 Å². The smallest absolute Gasteiger partial charge is 0.270 e. The third kappa shape index (κ3) is 4.11. The lowest BCUT2D eigenvalue weighted by Crippen LogP contribution is -2.43. The highest BCUT2D eigenvalue weighted by Gasteiger charge is 2.21. The highest BCUT2D eigenvalue weighted by atomic mass is 32.1. The second-order valence-corrected chi connectivity index (χ2v) is 8.13. The number of hydrogen-bond acceptors (Lipinski definition) is 6. The van der Waals surface area contributed by atoms with E-state index < -0.39 is 0 Å². The molecule has 3 aromatic rings. The standard InChI is InChI=1S/C21H22N4O2S/c1-23-10-12-24(13-11-23)15-19-20(17-8-5-9-18(14-17)25(26)27)22-21(28-19)16-6-3-2-4-7-16/h2-9,14H,10-13,15H2,1H3. The van der Waals surface area contributed by atoms with Gasteiger partial charge in [-0.05, 0) is 7.05 Å². The number of aromatic nitrogens is 1. The zero-order chi connectivity index (χ0) is 19.5. The highest BCUT2D eigenvalue weighted by Crippen LogP contribution is 2.35. The molecular formula is C21H22N4O2S. The number of non-ortho nitro benzene ring substituents is 1. The van der Waals surface area contributed by atoms with Crippen molar-refractivity contribution in [1.29, 1.82) is 0 Å². The van der Waals surface area contributed by atoms with Crippen LogP contribution in [0.1, 0.15) is 4.88 Å². The van der Waals surface area contributed by atoms with Crippen LogP contribution in [0.4, 0.5) is 5.69 Å². The van der Waals surface area contributed by atoms with Crippen LogP contribution in [0.5, 0.6) is 0 Å². The van der Waals surface area contributed by atoms with E-state index in [2.05, 4.69) is 29.0 Å². The number of likely N-dealkylation sites (N-methyl/N-ethyl adjacent to an activating group) is 1. The lowest BCUT2D eigenvalue weighted by Gasteiger charge is -2.32. The number of piperazine rings is 1. The van der Waals surface area contributed by atoms with Gasteiger partial charge in [0, 0.05) is 60.9 Å². The van der Waals surface area contributed by atoms with Crippen LogP contribution < -0.4 is 0 Å². The minimum Gasteiger partial charge on any atom is -0.304 e. The molecule has 1 aliphatic heterocycles. The maximum atomic E-state index is 11.2. The van der Waals surface area contributed by atoms with Crippen LogP contribution in [0, 0.1) is 10.1 Å². The van der Waals surface area contributed by atoms with E-state index in [4.69, 9.17) is 4.98 Å². The first kappa shape index (κ1) is 18.7. The first-order valence-electron chi connectivity index (χ1n) is 9.31. The molecule has 1 fully saturated rings. The van der Waals surface area contributed by atoms with Crippen LogP contribution in [-0.4, -0.2) is 52.9 Å². The van der Waals surface area contributed by atoms with Crippen molar-refractivity contribution in [3.8, 4) is 21.8 Å². The summed E-state index contributed by atoms with van der Waals surface area (Å²) in [6.45, 7) is 4.95. The molecule has 0 N–H and O–H groups in total. The zero-order valence-corrected chi connectivity index (χ0v) is 16.6. The Morgan fingerprint density at radius 2 is 1.75 bits per heavy atom. The van der Waals surface area contributed by atoms with Gasteiger partial charge >= 0.3 is 0 Å². The molecule has 0 radical (unpaired) electrons. The van der Waals surface area contributed by atoms with Gasteiger partial charge in [0.1, 0.15) is 5.01 Å². The summed E-state index contributed by atoms with van der Waals surface area (Å²) in [6.07, 6.45) is 0. The average Bonchev–Trinajstić information content (AvgIpc) is 3.14. The summed E-state index contributed by atoms with van der Waals surface area (Å²) in [5, 5.41) is 12.2. The molecule has 0 saturated carbocycles. The molecule has 1 aliphatic rings. The molecule has 0 bridgehead atoms. The van der Waals surface area contributed by atoms with Gasteiger partial charge in [-0.25, -0.2) is 4.98 Å². The van der Waals surface area contributed by atoms with Gasteiger partial charge in [-0.1, -0.05) is 42.5 Å². The van der Waals surface area contributed by atoms with E-state index in [1.807, 2.05) is 24.3 Å². The Bertz CT molecular complexity index is 966. The summed E-state index contributed by atoms with van der Waals surface area (Å²) in [5.41, 5.74) is 2.82. The van der Waals surface area contributed by atoms with Crippen molar-refractivity contribution < 1.29 is 4.92 Å². The summed E-state index contributed by atoms with van der Waals surface area (Å²) in [6, 6.07) is 16.9. The monoisotopic (exact) mass is 394 g/mol. The first-order valence-corrected chi connectivity index (χ1v) is 10.1. The molecule has 0 atom stereocenters. The molecule has 1 saturated heterocycles. The molecule has 0 unspecified atom stereocenters. The van der Waals surface area contributed by atoms with Crippen LogP contribution >= 0.6 is 11.3 Å². The van der Waals surface area contributed by atoms with Gasteiger partial charge in [-0.2, -0.15) is 0 Å². The van der Waals surface area contributed by atoms with Gasteiger partial charge in [-0.15, -0.1) is 11.3 Å². The Morgan fingerprint density at radius 1 is 1.04 bits per heavy atom. The van der Waals surface area contributed by atoms with Gasteiger partial charge in [-0.3, -0.25) is 15.0 Å². The Kier molecular flexibility index (Phi) is 5.47. The van der Waals surface area contributed by atoms with E-state index >= 15 is 0 Å². The van der Waals surface area contributed by atoms with E-state index in [9.17, 15) is 10.1 Å². The van der Waals surface area contributed by atoms with Crippen LogP contribution in [-0.2, 0) is 6.54 Å². The number of nitro benzene ring substituents is 1.